The van der Waals surface area contributed by atoms with E-state index in [2.05, 4.69) is 4.98 Å². The molecule has 1 aromatic carbocycles. The van der Waals surface area contributed by atoms with Crippen molar-refractivity contribution in [1.82, 2.24) is 4.98 Å². The van der Waals surface area contributed by atoms with Gasteiger partial charge in [0, 0.05) is 11.8 Å². The van der Waals surface area contributed by atoms with Gasteiger partial charge in [-0.1, -0.05) is 12.1 Å². The zero-order valence-electron chi connectivity index (χ0n) is 8.63. The molecular weight excluding hydrogens is 225 g/mol. The number of benzene rings is 1. The van der Waals surface area contributed by atoms with Crippen LogP contribution in [0.15, 0.2) is 36.7 Å². The Bertz CT molecular complexity index is 587. The molecule has 0 aliphatic carbocycles. The Balaban J connectivity index is 2.60. The highest BCUT2D eigenvalue weighted by Crippen LogP contribution is 2.31. The molecule has 0 fully saturated rings. The lowest BCUT2D eigenvalue weighted by Gasteiger charge is -2.05. The third kappa shape index (κ3) is 2.05. The van der Waals surface area contributed by atoms with Crippen LogP contribution in [0, 0.1) is 15.9 Å². The number of hydrogen-bond acceptors (Lipinski definition) is 4. The average molecular weight is 233 g/mol. The van der Waals surface area contributed by atoms with Crippen molar-refractivity contribution in [3.63, 3.8) is 0 Å². The van der Waals surface area contributed by atoms with E-state index in [9.17, 15) is 14.5 Å². The van der Waals surface area contributed by atoms with Gasteiger partial charge in [0.15, 0.2) is 0 Å². The topological polar surface area (TPSA) is 82.0 Å². The molecule has 0 spiro atoms. The van der Waals surface area contributed by atoms with Gasteiger partial charge in [0.05, 0.1) is 4.92 Å². The van der Waals surface area contributed by atoms with Gasteiger partial charge < -0.3 is 5.73 Å². The minimum absolute atomic E-state index is 0.0180. The molecule has 0 aliphatic rings. The molecule has 2 aromatic rings. The van der Waals surface area contributed by atoms with Gasteiger partial charge in [-0.3, -0.25) is 15.1 Å². The van der Waals surface area contributed by atoms with E-state index >= 15 is 0 Å². The third-order valence-electron chi connectivity index (χ3n) is 2.30. The van der Waals surface area contributed by atoms with Gasteiger partial charge in [-0.2, -0.15) is 0 Å². The summed E-state index contributed by atoms with van der Waals surface area (Å²) in [5.74, 6) is -0.437. The molecule has 0 radical (unpaired) electrons. The highest BCUT2D eigenvalue weighted by atomic mass is 19.1. The van der Waals surface area contributed by atoms with Gasteiger partial charge in [0.1, 0.15) is 17.7 Å². The molecule has 2 rings (SSSR count). The van der Waals surface area contributed by atoms with Crippen LogP contribution in [0.3, 0.4) is 0 Å². The molecule has 1 heterocycles. The summed E-state index contributed by atoms with van der Waals surface area (Å²) in [4.78, 5) is 13.8. The highest BCUT2D eigenvalue weighted by molar-refractivity contribution is 5.81. The van der Waals surface area contributed by atoms with E-state index in [-0.39, 0.29) is 11.4 Å². The van der Waals surface area contributed by atoms with Crippen molar-refractivity contribution in [3.8, 4) is 11.1 Å². The van der Waals surface area contributed by atoms with Crippen LogP contribution in [0.2, 0.25) is 0 Å². The first-order valence-electron chi connectivity index (χ1n) is 4.73. The van der Waals surface area contributed by atoms with Crippen molar-refractivity contribution < 1.29 is 9.31 Å². The minimum atomic E-state index is -0.620. The SMILES string of the molecule is Nc1c(-c2cccc(F)c2)cncc1[N+](=O)[O-]. The Hall–Kier alpha value is -2.50. The maximum Gasteiger partial charge on any atom is 0.310 e. The first kappa shape index (κ1) is 11.0. The standard InChI is InChI=1S/C11H8FN3O2/c12-8-3-1-2-7(4-8)9-5-14-6-10(11(9)13)15(16)17/h1-6H,(H2,13,14). The Morgan fingerprint density at radius 2 is 2.12 bits per heavy atom. The lowest BCUT2D eigenvalue weighted by molar-refractivity contribution is -0.384. The number of nitro groups is 1. The number of nitrogen functional groups attached to an aromatic ring is 1. The maximum absolute atomic E-state index is 13.0. The Morgan fingerprint density at radius 1 is 1.35 bits per heavy atom. The summed E-state index contributed by atoms with van der Waals surface area (Å²) in [6, 6.07) is 5.64. The van der Waals surface area contributed by atoms with Crippen molar-refractivity contribution in [2.24, 2.45) is 0 Å². The molecule has 0 saturated carbocycles. The van der Waals surface area contributed by atoms with Gasteiger partial charge in [-0.05, 0) is 17.7 Å². The summed E-state index contributed by atoms with van der Waals surface area (Å²) in [5, 5.41) is 10.7. The van der Waals surface area contributed by atoms with Crippen LogP contribution in [0.5, 0.6) is 0 Å². The van der Waals surface area contributed by atoms with Crippen LogP contribution in [0.25, 0.3) is 11.1 Å². The molecule has 17 heavy (non-hydrogen) atoms. The van der Waals surface area contributed by atoms with Gasteiger partial charge in [-0.25, -0.2) is 4.39 Å². The van der Waals surface area contributed by atoms with E-state index in [0.29, 0.717) is 11.1 Å². The summed E-state index contributed by atoms with van der Waals surface area (Å²) >= 11 is 0. The fourth-order valence-corrected chi connectivity index (χ4v) is 1.49. The normalized spacial score (nSPS) is 10.2. The number of nitrogens with two attached hydrogens (primary N) is 1. The largest absolute Gasteiger partial charge is 0.393 e. The lowest BCUT2D eigenvalue weighted by atomic mass is 10.1. The number of anilines is 1. The number of rotatable bonds is 2. The number of nitrogens with zero attached hydrogens (tertiary/aromatic N) is 2. The fraction of sp³-hybridized carbons (Fsp3) is 0. The zero-order valence-corrected chi connectivity index (χ0v) is 8.63. The van der Waals surface area contributed by atoms with Crippen molar-refractivity contribution >= 4 is 11.4 Å². The summed E-state index contributed by atoms with van der Waals surface area (Å²) < 4.78 is 13.0. The van der Waals surface area contributed by atoms with E-state index in [1.54, 1.807) is 6.07 Å². The molecule has 2 N–H and O–H groups in total. The maximum atomic E-state index is 13.0. The van der Waals surface area contributed by atoms with Crippen molar-refractivity contribution in [2.45, 2.75) is 0 Å². The van der Waals surface area contributed by atoms with E-state index in [0.717, 1.165) is 6.20 Å². The van der Waals surface area contributed by atoms with Crippen molar-refractivity contribution in [1.29, 1.82) is 0 Å². The number of aromatic nitrogens is 1. The van der Waals surface area contributed by atoms with Crippen LogP contribution < -0.4 is 5.73 Å². The van der Waals surface area contributed by atoms with Crippen molar-refractivity contribution in [3.05, 3.63) is 52.6 Å². The summed E-state index contributed by atoms with van der Waals surface area (Å²) in [5.41, 5.74) is 6.16. The molecule has 0 atom stereocenters. The van der Waals surface area contributed by atoms with Crippen molar-refractivity contribution in [2.75, 3.05) is 5.73 Å². The second-order valence-electron chi connectivity index (χ2n) is 3.39. The molecule has 1 aromatic heterocycles. The zero-order chi connectivity index (χ0) is 12.4. The molecule has 6 heteroatoms. The Morgan fingerprint density at radius 3 is 2.76 bits per heavy atom. The molecule has 0 aliphatic heterocycles. The van der Waals surface area contributed by atoms with E-state index in [1.165, 1.54) is 24.4 Å². The molecular formula is C11H8FN3O2. The quantitative estimate of drug-likeness (QED) is 0.637. The van der Waals surface area contributed by atoms with Crippen LogP contribution in [0.4, 0.5) is 15.8 Å². The predicted molar refractivity (Wildman–Crippen MR) is 60.7 cm³/mol. The van der Waals surface area contributed by atoms with Crippen LogP contribution in [-0.2, 0) is 0 Å². The van der Waals surface area contributed by atoms with Crippen LogP contribution >= 0.6 is 0 Å². The van der Waals surface area contributed by atoms with E-state index in [4.69, 9.17) is 5.73 Å². The molecule has 0 unspecified atom stereocenters. The van der Waals surface area contributed by atoms with Crippen LogP contribution in [0.1, 0.15) is 0 Å². The van der Waals surface area contributed by atoms with Gasteiger partial charge >= 0.3 is 5.69 Å². The highest BCUT2D eigenvalue weighted by Gasteiger charge is 2.16. The number of hydrogen-bond donors (Lipinski definition) is 1. The fourth-order valence-electron chi connectivity index (χ4n) is 1.49. The van der Waals surface area contributed by atoms with Gasteiger partial charge in [0.2, 0.25) is 0 Å². The monoisotopic (exact) mass is 233 g/mol. The summed E-state index contributed by atoms with van der Waals surface area (Å²) in [6.07, 6.45) is 2.44. The van der Waals surface area contributed by atoms with Gasteiger partial charge in [-0.15, -0.1) is 0 Å². The first-order valence-corrected chi connectivity index (χ1v) is 4.73. The average Bonchev–Trinajstić information content (AvgIpc) is 2.29. The Kier molecular flexibility index (Phi) is 2.70. The smallest absolute Gasteiger partial charge is 0.310 e. The van der Waals surface area contributed by atoms with E-state index in [1.807, 2.05) is 0 Å². The molecule has 0 amide bonds. The lowest BCUT2D eigenvalue weighted by Crippen LogP contribution is -1.99. The third-order valence-corrected chi connectivity index (χ3v) is 2.30. The van der Waals surface area contributed by atoms with E-state index < -0.39 is 10.7 Å². The second kappa shape index (κ2) is 4.17. The number of pyridine rings is 1. The number of halogens is 1. The molecule has 86 valence electrons. The Labute approximate surface area is 95.9 Å². The minimum Gasteiger partial charge on any atom is -0.393 e. The van der Waals surface area contributed by atoms with Gasteiger partial charge in [0.25, 0.3) is 0 Å². The molecule has 0 bridgehead atoms. The second-order valence-corrected chi connectivity index (χ2v) is 3.39. The first-order chi connectivity index (χ1) is 8.09. The van der Waals surface area contributed by atoms with Crippen LogP contribution in [-0.4, -0.2) is 9.91 Å². The predicted octanol–water partition coefficient (Wildman–Crippen LogP) is 2.38. The molecule has 5 nitrogen and oxygen atoms in total. The summed E-state index contributed by atoms with van der Waals surface area (Å²) in [7, 11) is 0. The molecule has 0 saturated heterocycles. The summed E-state index contributed by atoms with van der Waals surface area (Å²) in [6.45, 7) is 0.